The molecule has 0 bridgehead atoms. The van der Waals surface area contributed by atoms with Gasteiger partial charge in [0, 0.05) is 12.1 Å². The first-order valence-electron chi connectivity index (χ1n) is 5.94. The van der Waals surface area contributed by atoms with Crippen molar-refractivity contribution in [3.05, 3.63) is 35.8 Å². The number of carbonyl (C=O) groups excluding carboxylic acids is 1. The van der Waals surface area contributed by atoms with E-state index in [0.29, 0.717) is 28.6 Å². The number of methoxy groups -OCH3 is 2. The summed E-state index contributed by atoms with van der Waals surface area (Å²) >= 11 is 0. The molecule has 0 fully saturated rings. The van der Waals surface area contributed by atoms with Gasteiger partial charge in [0.05, 0.1) is 25.6 Å². The fourth-order valence-corrected chi connectivity index (χ4v) is 1.74. The highest BCUT2D eigenvalue weighted by Gasteiger charge is 2.14. The molecular formula is C14H16N2O4. The largest absolute Gasteiger partial charge is 0.493 e. The molecule has 1 amide bonds. The van der Waals surface area contributed by atoms with Crippen molar-refractivity contribution in [3.8, 4) is 11.5 Å². The molecule has 6 nitrogen and oxygen atoms in total. The maximum atomic E-state index is 12.0. The van der Waals surface area contributed by atoms with Crippen LogP contribution in [0.25, 0.3) is 0 Å². The summed E-state index contributed by atoms with van der Waals surface area (Å²) in [6.07, 6.45) is 0. The quantitative estimate of drug-likeness (QED) is 0.837. The Labute approximate surface area is 116 Å². The zero-order chi connectivity index (χ0) is 14.7. The number of hydrogen-bond donors (Lipinski definition) is 2. The molecular weight excluding hydrogens is 260 g/mol. The molecule has 3 N–H and O–H groups in total. The van der Waals surface area contributed by atoms with Crippen molar-refractivity contribution in [2.75, 3.05) is 25.3 Å². The Bertz CT molecular complexity index is 634. The molecule has 0 aliphatic rings. The van der Waals surface area contributed by atoms with Gasteiger partial charge in [-0.05, 0) is 19.1 Å². The predicted molar refractivity (Wildman–Crippen MR) is 75.4 cm³/mol. The van der Waals surface area contributed by atoms with Crippen molar-refractivity contribution in [1.29, 1.82) is 0 Å². The molecule has 0 saturated carbocycles. The zero-order valence-corrected chi connectivity index (χ0v) is 11.5. The number of carbonyl (C=O) groups is 1. The van der Waals surface area contributed by atoms with Crippen molar-refractivity contribution < 1.29 is 18.7 Å². The van der Waals surface area contributed by atoms with Crippen molar-refractivity contribution in [2.24, 2.45) is 0 Å². The summed E-state index contributed by atoms with van der Waals surface area (Å²) in [4.78, 5) is 12.0. The topological polar surface area (TPSA) is 86.7 Å². The smallest absolute Gasteiger partial charge is 0.291 e. The summed E-state index contributed by atoms with van der Waals surface area (Å²) < 4.78 is 15.5. The average molecular weight is 276 g/mol. The fourth-order valence-electron chi connectivity index (χ4n) is 1.74. The molecule has 0 spiro atoms. The number of benzene rings is 1. The van der Waals surface area contributed by atoms with Gasteiger partial charge in [-0.3, -0.25) is 4.79 Å². The third-order valence-electron chi connectivity index (χ3n) is 2.77. The van der Waals surface area contributed by atoms with Crippen LogP contribution in [0.1, 0.15) is 16.3 Å². The first-order chi connectivity index (χ1) is 9.55. The van der Waals surface area contributed by atoms with Gasteiger partial charge in [0.25, 0.3) is 5.91 Å². The average Bonchev–Trinajstić information content (AvgIpc) is 2.87. The van der Waals surface area contributed by atoms with E-state index < -0.39 is 0 Å². The lowest BCUT2D eigenvalue weighted by Crippen LogP contribution is -2.12. The number of hydrogen-bond acceptors (Lipinski definition) is 5. The predicted octanol–water partition coefficient (Wildman–Crippen LogP) is 2.44. The van der Waals surface area contributed by atoms with Crippen LogP contribution in [0.15, 0.2) is 28.7 Å². The van der Waals surface area contributed by atoms with Crippen LogP contribution in [0.3, 0.4) is 0 Å². The Morgan fingerprint density at radius 2 is 1.85 bits per heavy atom. The van der Waals surface area contributed by atoms with Gasteiger partial charge in [0.2, 0.25) is 0 Å². The zero-order valence-electron chi connectivity index (χ0n) is 11.5. The molecule has 6 heteroatoms. The molecule has 0 aliphatic carbocycles. The summed E-state index contributed by atoms with van der Waals surface area (Å²) in [6.45, 7) is 1.77. The molecule has 0 saturated heterocycles. The third-order valence-corrected chi connectivity index (χ3v) is 2.77. The Balaban J connectivity index is 2.27. The third kappa shape index (κ3) is 2.69. The molecule has 2 rings (SSSR count). The lowest BCUT2D eigenvalue weighted by molar-refractivity contribution is 0.0995. The minimum absolute atomic E-state index is 0.219. The lowest BCUT2D eigenvalue weighted by Gasteiger charge is -2.12. The normalized spacial score (nSPS) is 10.2. The molecule has 1 aromatic heterocycles. The molecule has 20 heavy (non-hydrogen) atoms. The number of amides is 1. The van der Waals surface area contributed by atoms with Crippen LogP contribution in [0, 0.1) is 6.92 Å². The SMILES string of the molecule is COc1cc(N)c(NC(=O)c2ccc(C)o2)cc1OC. The van der Waals surface area contributed by atoms with Crippen molar-refractivity contribution >= 4 is 17.3 Å². The molecule has 2 aromatic rings. The second-order valence-electron chi connectivity index (χ2n) is 4.16. The van der Waals surface area contributed by atoms with Gasteiger partial charge >= 0.3 is 0 Å². The van der Waals surface area contributed by atoms with Crippen LogP contribution in [0.4, 0.5) is 11.4 Å². The number of nitrogen functional groups attached to an aromatic ring is 1. The summed E-state index contributed by atoms with van der Waals surface area (Å²) in [7, 11) is 3.02. The maximum Gasteiger partial charge on any atom is 0.291 e. The summed E-state index contributed by atoms with van der Waals surface area (Å²) in [5.74, 6) is 1.48. The number of rotatable bonds is 4. The van der Waals surface area contributed by atoms with E-state index in [-0.39, 0.29) is 11.7 Å². The first-order valence-corrected chi connectivity index (χ1v) is 5.94. The van der Waals surface area contributed by atoms with E-state index in [1.807, 2.05) is 0 Å². The molecule has 0 radical (unpaired) electrons. The molecule has 1 aromatic carbocycles. The van der Waals surface area contributed by atoms with E-state index in [1.54, 1.807) is 31.2 Å². The first kappa shape index (κ1) is 13.8. The minimum atomic E-state index is -0.378. The van der Waals surface area contributed by atoms with Gasteiger partial charge in [-0.2, -0.15) is 0 Å². The summed E-state index contributed by atoms with van der Waals surface area (Å²) in [5, 5.41) is 2.67. The van der Waals surface area contributed by atoms with E-state index >= 15 is 0 Å². The van der Waals surface area contributed by atoms with Crippen LogP contribution in [0.5, 0.6) is 11.5 Å². The number of aryl methyl sites for hydroxylation is 1. The maximum absolute atomic E-state index is 12.0. The number of anilines is 2. The van der Waals surface area contributed by atoms with Crippen LogP contribution in [0.2, 0.25) is 0 Å². The standard InChI is InChI=1S/C14H16N2O4/c1-8-4-5-11(20-8)14(17)16-10-7-13(19-3)12(18-2)6-9(10)15/h4-7H,15H2,1-3H3,(H,16,17). The van der Waals surface area contributed by atoms with Crippen LogP contribution in [-0.2, 0) is 0 Å². The van der Waals surface area contributed by atoms with Crippen molar-refractivity contribution in [2.45, 2.75) is 6.92 Å². The van der Waals surface area contributed by atoms with Gasteiger partial charge in [0.1, 0.15) is 5.76 Å². The van der Waals surface area contributed by atoms with E-state index in [9.17, 15) is 4.79 Å². The monoisotopic (exact) mass is 276 g/mol. The number of nitrogens with one attached hydrogen (secondary N) is 1. The Kier molecular flexibility index (Phi) is 3.84. The fraction of sp³-hybridized carbons (Fsp3) is 0.214. The number of ether oxygens (including phenoxy) is 2. The van der Waals surface area contributed by atoms with E-state index in [1.165, 1.54) is 14.2 Å². The van der Waals surface area contributed by atoms with Gasteiger partial charge in [-0.1, -0.05) is 0 Å². The van der Waals surface area contributed by atoms with Crippen molar-refractivity contribution in [1.82, 2.24) is 0 Å². The molecule has 0 unspecified atom stereocenters. The Morgan fingerprint density at radius 3 is 2.40 bits per heavy atom. The lowest BCUT2D eigenvalue weighted by atomic mass is 10.2. The number of furan rings is 1. The van der Waals surface area contributed by atoms with Crippen LogP contribution < -0.4 is 20.5 Å². The van der Waals surface area contributed by atoms with Gasteiger partial charge in [-0.25, -0.2) is 0 Å². The summed E-state index contributed by atoms with van der Waals surface area (Å²) in [6, 6.07) is 6.50. The highest BCUT2D eigenvalue weighted by atomic mass is 16.5. The van der Waals surface area contributed by atoms with Gasteiger partial charge < -0.3 is 24.9 Å². The van der Waals surface area contributed by atoms with E-state index in [4.69, 9.17) is 19.6 Å². The van der Waals surface area contributed by atoms with Crippen LogP contribution in [-0.4, -0.2) is 20.1 Å². The van der Waals surface area contributed by atoms with Gasteiger partial charge in [-0.15, -0.1) is 0 Å². The number of nitrogens with two attached hydrogens (primary N) is 1. The molecule has 1 heterocycles. The van der Waals surface area contributed by atoms with Gasteiger partial charge in [0.15, 0.2) is 17.3 Å². The second kappa shape index (κ2) is 5.56. The minimum Gasteiger partial charge on any atom is -0.493 e. The van der Waals surface area contributed by atoms with E-state index in [0.717, 1.165) is 0 Å². The highest BCUT2D eigenvalue weighted by molar-refractivity contribution is 6.04. The molecule has 0 atom stereocenters. The summed E-state index contributed by atoms with van der Waals surface area (Å²) in [5.41, 5.74) is 6.68. The second-order valence-corrected chi connectivity index (χ2v) is 4.16. The molecule has 106 valence electrons. The van der Waals surface area contributed by atoms with Crippen molar-refractivity contribution in [3.63, 3.8) is 0 Å². The highest BCUT2D eigenvalue weighted by Crippen LogP contribution is 2.35. The Morgan fingerprint density at radius 1 is 1.20 bits per heavy atom. The van der Waals surface area contributed by atoms with Crippen LogP contribution >= 0.6 is 0 Å². The molecule has 0 aliphatic heterocycles. The van der Waals surface area contributed by atoms with E-state index in [2.05, 4.69) is 5.32 Å². The Hall–Kier alpha value is -2.63.